The summed E-state index contributed by atoms with van der Waals surface area (Å²) in [6.45, 7) is 7.50. The number of ether oxygens (including phenoxy) is 1. The molecule has 33 heavy (non-hydrogen) atoms. The van der Waals surface area contributed by atoms with Gasteiger partial charge in [0, 0.05) is 24.8 Å². The van der Waals surface area contributed by atoms with Crippen molar-refractivity contribution in [1.82, 2.24) is 4.98 Å². The number of benzene rings is 1. The van der Waals surface area contributed by atoms with Crippen LogP contribution in [0.5, 0.6) is 5.75 Å². The molecule has 9 heteroatoms. The number of nitrogens with zero attached hydrogens (tertiary/aromatic N) is 1. The van der Waals surface area contributed by atoms with Gasteiger partial charge in [0.25, 0.3) is 5.79 Å². The molecule has 4 saturated carbocycles. The minimum absolute atomic E-state index is 0.159. The summed E-state index contributed by atoms with van der Waals surface area (Å²) in [5.41, 5.74) is 0.667. The molecule has 2 aromatic rings. The van der Waals surface area contributed by atoms with Crippen LogP contribution >= 0.6 is 18.9 Å². The first-order valence-electron chi connectivity index (χ1n) is 11.8. The Kier molecular flexibility index (Phi) is 4.77. The van der Waals surface area contributed by atoms with Gasteiger partial charge in [-0.25, -0.2) is 14.4 Å². The van der Waals surface area contributed by atoms with Crippen molar-refractivity contribution >= 4 is 29.1 Å². The molecule has 2 unspecified atom stereocenters. The lowest BCUT2D eigenvalue weighted by Gasteiger charge is -2.68. The highest BCUT2D eigenvalue weighted by Crippen LogP contribution is 2.69. The lowest BCUT2D eigenvalue weighted by atomic mass is 9.47. The third-order valence-corrected chi connectivity index (χ3v) is 10.2. The van der Waals surface area contributed by atoms with Crippen LogP contribution in [-0.4, -0.2) is 29.3 Å². The maximum Gasteiger partial charge on any atom is 0.373 e. The molecule has 2 heterocycles. The number of hydrogen-bond donors (Lipinski definition) is 1. The summed E-state index contributed by atoms with van der Waals surface area (Å²) < 4.78 is 24.9. The summed E-state index contributed by atoms with van der Waals surface area (Å²) >= 11 is 1.57. The largest absolute Gasteiger partial charge is 0.422 e. The molecule has 180 valence electrons. The fourth-order valence-electron chi connectivity index (χ4n) is 7.12. The van der Waals surface area contributed by atoms with Gasteiger partial charge in [-0.1, -0.05) is 20.8 Å². The lowest BCUT2D eigenvalue weighted by Crippen LogP contribution is -2.76. The molecule has 7 nitrogen and oxygen atoms in total. The highest BCUT2D eigenvalue weighted by molar-refractivity contribution is 7.52. The van der Waals surface area contributed by atoms with E-state index in [1.807, 2.05) is 6.07 Å². The summed E-state index contributed by atoms with van der Waals surface area (Å²) in [5, 5.41) is 0.935. The van der Waals surface area contributed by atoms with Gasteiger partial charge in [0.05, 0.1) is 9.71 Å². The average Bonchev–Trinajstić information content (AvgIpc) is 3.11. The molecular formula is C24H32NO6PS. The summed E-state index contributed by atoms with van der Waals surface area (Å²) in [4.78, 5) is 26.8. The summed E-state index contributed by atoms with van der Waals surface area (Å²) in [7, 11) is -2.13. The van der Waals surface area contributed by atoms with Crippen LogP contribution in [0.2, 0.25) is 0 Å². The van der Waals surface area contributed by atoms with Gasteiger partial charge in [0.15, 0.2) is 11.4 Å². The van der Waals surface area contributed by atoms with Crippen LogP contribution in [0.15, 0.2) is 12.1 Å². The van der Waals surface area contributed by atoms with Gasteiger partial charge in [0.1, 0.15) is 5.52 Å². The fraction of sp³-hybridized carbons (Fsp3) is 0.708. The number of aromatic nitrogens is 1. The highest BCUT2D eigenvalue weighted by Gasteiger charge is 2.76. The molecule has 1 aromatic heterocycles. The molecule has 0 radical (unpaired) electrons. The SMILES string of the molecule is COC1(c2cc(OP(C)(=O)O)c3nc(C(C)(C)C)sc3c2)OOC12C1CC3CC(C1)CC2C3. The van der Waals surface area contributed by atoms with Crippen molar-refractivity contribution in [2.24, 2.45) is 23.7 Å². The Morgan fingerprint density at radius 1 is 1.12 bits per heavy atom. The smallest absolute Gasteiger partial charge is 0.373 e. The summed E-state index contributed by atoms with van der Waals surface area (Å²) in [5.74, 6) is 1.52. The van der Waals surface area contributed by atoms with Crippen LogP contribution < -0.4 is 4.52 Å². The minimum atomic E-state index is -3.80. The van der Waals surface area contributed by atoms with Crippen LogP contribution in [0.25, 0.3) is 10.2 Å². The van der Waals surface area contributed by atoms with Crippen molar-refractivity contribution in [3.63, 3.8) is 0 Å². The highest BCUT2D eigenvalue weighted by atomic mass is 32.1. The van der Waals surface area contributed by atoms with E-state index in [9.17, 15) is 9.46 Å². The lowest BCUT2D eigenvalue weighted by molar-refractivity contribution is -0.645. The molecule has 1 aromatic carbocycles. The first-order chi connectivity index (χ1) is 15.4. The molecule has 1 aliphatic heterocycles. The molecule has 1 N–H and O–H groups in total. The molecule has 7 rings (SSSR count). The number of hydrogen-bond acceptors (Lipinski definition) is 7. The van der Waals surface area contributed by atoms with E-state index in [2.05, 4.69) is 20.8 Å². The van der Waals surface area contributed by atoms with Gasteiger partial charge >= 0.3 is 7.60 Å². The standard InChI is InChI=1S/C24H32NO6PS/c1-22(2,3)21-25-20-18(29-32(5,26)27)11-17(12-19(20)33-21)24(28-4)23(30-31-24)15-7-13-6-14(9-15)10-16(23)8-13/h11-16H,6-10H2,1-5H3,(H,26,27). The van der Waals surface area contributed by atoms with Crippen LogP contribution in [0.1, 0.15) is 63.4 Å². The monoisotopic (exact) mass is 493 g/mol. The Morgan fingerprint density at radius 2 is 1.76 bits per heavy atom. The second kappa shape index (κ2) is 7.02. The third kappa shape index (κ3) is 3.14. The maximum absolute atomic E-state index is 12.3. The Morgan fingerprint density at radius 3 is 2.24 bits per heavy atom. The van der Waals surface area contributed by atoms with E-state index in [-0.39, 0.29) is 11.2 Å². The van der Waals surface area contributed by atoms with Gasteiger partial charge in [-0.15, -0.1) is 11.3 Å². The van der Waals surface area contributed by atoms with Crippen molar-refractivity contribution < 1.29 is 28.5 Å². The summed E-state index contributed by atoms with van der Waals surface area (Å²) in [6, 6.07) is 3.82. The van der Waals surface area contributed by atoms with Crippen molar-refractivity contribution in [3.8, 4) is 5.75 Å². The van der Waals surface area contributed by atoms with Gasteiger partial charge in [-0.2, -0.15) is 4.89 Å². The molecule has 5 aliphatic rings. The minimum Gasteiger partial charge on any atom is -0.422 e. The zero-order valence-electron chi connectivity index (χ0n) is 19.8. The van der Waals surface area contributed by atoms with Crippen LogP contribution in [0.3, 0.4) is 0 Å². The second-order valence-corrected chi connectivity index (χ2v) is 14.4. The number of thiazole rings is 1. The van der Waals surface area contributed by atoms with E-state index in [1.54, 1.807) is 24.5 Å². The normalized spacial score (nSPS) is 39.1. The molecule has 1 saturated heterocycles. The van der Waals surface area contributed by atoms with E-state index < -0.39 is 19.0 Å². The molecule has 0 amide bonds. The summed E-state index contributed by atoms with van der Waals surface area (Å²) in [6.07, 6.45) is 5.91. The Bertz CT molecular complexity index is 1130. The fourth-order valence-corrected chi connectivity index (χ4v) is 8.70. The first-order valence-corrected chi connectivity index (χ1v) is 14.7. The predicted molar refractivity (Wildman–Crippen MR) is 125 cm³/mol. The number of methoxy groups -OCH3 is 1. The van der Waals surface area contributed by atoms with E-state index in [4.69, 9.17) is 24.0 Å². The van der Waals surface area contributed by atoms with Gasteiger partial charge in [-0.05, 0) is 67.9 Å². The van der Waals surface area contributed by atoms with Gasteiger partial charge in [-0.3, -0.25) is 0 Å². The number of rotatable bonds is 4. The van der Waals surface area contributed by atoms with Crippen LogP contribution in [0, 0.1) is 23.7 Å². The van der Waals surface area contributed by atoms with Crippen molar-refractivity contribution in [3.05, 3.63) is 22.7 Å². The molecule has 4 aliphatic carbocycles. The number of fused-ring (bicyclic) bond motifs is 1. The van der Waals surface area contributed by atoms with Crippen molar-refractivity contribution in [1.29, 1.82) is 0 Å². The molecular weight excluding hydrogens is 461 g/mol. The quantitative estimate of drug-likeness (QED) is 0.429. The molecule has 5 fully saturated rings. The van der Waals surface area contributed by atoms with Crippen molar-refractivity contribution in [2.45, 2.75) is 69.7 Å². The van der Waals surface area contributed by atoms with E-state index >= 15 is 0 Å². The zero-order chi connectivity index (χ0) is 23.4. The molecule has 1 spiro atoms. The Hall–Kier alpha value is -1.02. The van der Waals surface area contributed by atoms with E-state index in [1.165, 1.54) is 13.1 Å². The van der Waals surface area contributed by atoms with Crippen LogP contribution in [-0.2, 0) is 30.3 Å². The third-order valence-electron chi connectivity index (χ3n) is 8.20. The Balaban J connectivity index is 1.52. The topological polar surface area (TPSA) is 87.1 Å². The van der Waals surface area contributed by atoms with E-state index in [0.717, 1.165) is 52.8 Å². The first kappa shape index (κ1) is 22.4. The van der Waals surface area contributed by atoms with E-state index in [0.29, 0.717) is 17.4 Å². The predicted octanol–water partition coefficient (Wildman–Crippen LogP) is 5.74. The zero-order valence-corrected chi connectivity index (χ0v) is 21.5. The van der Waals surface area contributed by atoms with Gasteiger partial charge in [0.2, 0.25) is 0 Å². The Labute approximate surface area is 198 Å². The molecule has 4 bridgehead atoms. The maximum atomic E-state index is 12.3. The average molecular weight is 494 g/mol. The second-order valence-electron chi connectivity index (χ2n) is 11.6. The van der Waals surface area contributed by atoms with Gasteiger partial charge < -0.3 is 14.2 Å². The van der Waals surface area contributed by atoms with Crippen LogP contribution in [0.4, 0.5) is 0 Å². The van der Waals surface area contributed by atoms with Crippen molar-refractivity contribution in [2.75, 3.05) is 13.8 Å². The molecule has 2 atom stereocenters.